The summed E-state index contributed by atoms with van der Waals surface area (Å²) in [6.45, 7) is 5.88. The van der Waals surface area contributed by atoms with Crippen molar-refractivity contribution in [2.45, 2.75) is 45.1 Å². The first-order valence-electron chi connectivity index (χ1n) is 10.5. The van der Waals surface area contributed by atoms with Crippen molar-refractivity contribution >= 4 is 11.6 Å². The zero-order valence-corrected chi connectivity index (χ0v) is 16.8. The van der Waals surface area contributed by atoms with E-state index in [0.29, 0.717) is 11.8 Å². The molecule has 1 aliphatic carbocycles. The Morgan fingerprint density at radius 3 is 2.75 bits per heavy atom. The summed E-state index contributed by atoms with van der Waals surface area (Å²) in [6, 6.07) is 10.6. The Bertz CT molecular complexity index is 855. The number of carbonyl (C=O) groups is 1. The summed E-state index contributed by atoms with van der Waals surface area (Å²) in [4.78, 5) is 19.4. The molecule has 2 heterocycles. The summed E-state index contributed by atoms with van der Waals surface area (Å²) in [5.41, 5.74) is 4.42. The molecule has 1 N–H and O–H groups in total. The number of hydrogen-bond donors (Lipinski definition) is 1. The number of anilines is 1. The largest absolute Gasteiger partial charge is 0.378 e. The fourth-order valence-corrected chi connectivity index (χ4v) is 4.65. The van der Waals surface area contributed by atoms with Gasteiger partial charge in [-0.05, 0) is 60.6 Å². The highest BCUT2D eigenvalue weighted by molar-refractivity contribution is 5.95. The molecule has 0 radical (unpaired) electrons. The lowest BCUT2D eigenvalue weighted by molar-refractivity contribution is 0.0755. The van der Waals surface area contributed by atoms with Crippen LogP contribution in [0.2, 0.25) is 0 Å². The molecule has 3 atom stereocenters. The molecule has 1 aromatic heterocycles. The highest BCUT2D eigenvalue weighted by atomic mass is 16.2. The molecule has 1 aliphatic heterocycles. The van der Waals surface area contributed by atoms with E-state index in [1.165, 1.54) is 11.1 Å². The van der Waals surface area contributed by atoms with Crippen molar-refractivity contribution < 1.29 is 4.79 Å². The number of pyridine rings is 1. The van der Waals surface area contributed by atoms with E-state index in [-0.39, 0.29) is 11.9 Å². The molecule has 0 saturated heterocycles. The smallest absolute Gasteiger partial charge is 0.253 e. The molecular weight excluding hydrogens is 346 g/mol. The SMILES string of the molecule is CCCN(CCC)C(=O)c1ccc2c(c1)C1C=CCC1C(c1cccnc1)N2. The Hall–Kier alpha value is -2.62. The Labute approximate surface area is 167 Å². The van der Waals surface area contributed by atoms with Gasteiger partial charge in [-0.25, -0.2) is 0 Å². The fourth-order valence-electron chi connectivity index (χ4n) is 4.65. The van der Waals surface area contributed by atoms with Crippen LogP contribution in [-0.4, -0.2) is 28.9 Å². The van der Waals surface area contributed by atoms with Crippen molar-refractivity contribution in [2.24, 2.45) is 5.92 Å². The molecule has 3 unspecified atom stereocenters. The van der Waals surface area contributed by atoms with Gasteiger partial charge < -0.3 is 10.2 Å². The van der Waals surface area contributed by atoms with E-state index >= 15 is 0 Å². The van der Waals surface area contributed by atoms with E-state index < -0.39 is 0 Å². The van der Waals surface area contributed by atoms with E-state index in [9.17, 15) is 4.79 Å². The third-order valence-corrected chi connectivity index (χ3v) is 5.93. The van der Waals surface area contributed by atoms with Gasteiger partial charge in [-0.1, -0.05) is 32.1 Å². The summed E-state index contributed by atoms with van der Waals surface area (Å²) >= 11 is 0. The monoisotopic (exact) mass is 375 g/mol. The molecule has 0 bridgehead atoms. The third-order valence-electron chi connectivity index (χ3n) is 5.93. The van der Waals surface area contributed by atoms with Crippen molar-refractivity contribution in [1.29, 1.82) is 0 Å². The maximum absolute atomic E-state index is 13.1. The Balaban J connectivity index is 1.66. The minimum absolute atomic E-state index is 0.152. The second-order valence-corrected chi connectivity index (χ2v) is 7.86. The predicted octanol–water partition coefficient (Wildman–Crippen LogP) is 5.17. The zero-order chi connectivity index (χ0) is 19.5. The number of allylic oxidation sites excluding steroid dienone is 2. The lowest BCUT2D eigenvalue weighted by Crippen LogP contribution is -2.33. The van der Waals surface area contributed by atoms with Gasteiger partial charge in [0, 0.05) is 42.7 Å². The van der Waals surface area contributed by atoms with Crippen molar-refractivity contribution in [3.63, 3.8) is 0 Å². The maximum Gasteiger partial charge on any atom is 0.253 e. The minimum atomic E-state index is 0.152. The molecule has 4 heteroatoms. The number of carbonyl (C=O) groups excluding carboxylic acids is 1. The van der Waals surface area contributed by atoms with Crippen molar-refractivity contribution in [2.75, 3.05) is 18.4 Å². The Morgan fingerprint density at radius 2 is 2.04 bits per heavy atom. The first-order chi connectivity index (χ1) is 13.7. The fraction of sp³-hybridized carbons (Fsp3) is 0.417. The normalized spacial score (nSPS) is 22.3. The van der Waals surface area contributed by atoms with E-state index in [1.807, 2.05) is 29.4 Å². The van der Waals surface area contributed by atoms with Gasteiger partial charge in [-0.2, -0.15) is 0 Å². The molecule has 4 nitrogen and oxygen atoms in total. The summed E-state index contributed by atoms with van der Waals surface area (Å²) in [5, 5.41) is 3.73. The van der Waals surface area contributed by atoms with Gasteiger partial charge >= 0.3 is 0 Å². The average Bonchev–Trinajstić information content (AvgIpc) is 3.23. The van der Waals surface area contributed by atoms with Crippen LogP contribution in [0.5, 0.6) is 0 Å². The molecule has 0 fully saturated rings. The number of amides is 1. The second-order valence-electron chi connectivity index (χ2n) is 7.86. The van der Waals surface area contributed by atoms with E-state index in [0.717, 1.165) is 43.6 Å². The van der Waals surface area contributed by atoms with Crippen LogP contribution in [-0.2, 0) is 0 Å². The molecule has 146 valence electrons. The average molecular weight is 376 g/mol. The number of fused-ring (bicyclic) bond motifs is 3. The predicted molar refractivity (Wildman–Crippen MR) is 114 cm³/mol. The molecular formula is C24H29N3O. The quantitative estimate of drug-likeness (QED) is 0.709. The number of rotatable bonds is 6. The lowest BCUT2D eigenvalue weighted by Gasteiger charge is -2.37. The molecule has 1 amide bonds. The summed E-state index contributed by atoms with van der Waals surface area (Å²) in [6.07, 6.45) is 11.4. The van der Waals surface area contributed by atoms with Gasteiger partial charge in [0.25, 0.3) is 5.91 Å². The zero-order valence-electron chi connectivity index (χ0n) is 16.8. The molecule has 2 aliphatic rings. The summed E-state index contributed by atoms with van der Waals surface area (Å²) in [7, 11) is 0. The van der Waals surface area contributed by atoms with E-state index in [4.69, 9.17) is 0 Å². The molecule has 28 heavy (non-hydrogen) atoms. The highest BCUT2D eigenvalue weighted by Gasteiger charge is 2.38. The maximum atomic E-state index is 13.1. The first kappa shape index (κ1) is 18.7. The van der Waals surface area contributed by atoms with Crippen molar-refractivity contribution in [1.82, 2.24) is 9.88 Å². The summed E-state index contributed by atoms with van der Waals surface area (Å²) < 4.78 is 0. The van der Waals surface area contributed by atoms with Crippen LogP contribution in [0.15, 0.2) is 54.9 Å². The van der Waals surface area contributed by atoms with Crippen LogP contribution in [0.25, 0.3) is 0 Å². The molecule has 0 spiro atoms. The number of hydrogen-bond acceptors (Lipinski definition) is 3. The third kappa shape index (κ3) is 3.44. The van der Waals surface area contributed by atoms with Crippen LogP contribution in [0, 0.1) is 5.92 Å². The number of aromatic nitrogens is 1. The van der Waals surface area contributed by atoms with Gasteiger partial charge in [0.05, 0.1) is 6.04 Å². The van der Waals surface area contributed by atoms with Gasteiger partial charge in [-0.3, -0.25) is 9.78 Å². The van der Waals surface area contributed by atoms with Gasteiger partial charge in [0.2, 0.25) is 0 Å². The number of benzene rings is 1. The lowest BCUT2D eigenvalue weighted by atomic mass is 9.77. The van der Waals surface area contributed by atoms with Gasteiger partial charge in [0.1, 0.15) is 0 Å². The molecule has 4 rings (SSSR count). The van der Waals surface area contributed by atoms with Crippen LogP contribution in [0.3, 0.4) is 0 Å². The van der Waals surface area contributed by atoms with Crippen molar-refractivity contribution in [3.8, 4) is 0 Å². The minimum Gasteiger partial charge on any atom is -0.378 e. The van der Waals surface area contributed by atoms with E-state index in [2.05, 4.69) is 54.5 Å². The first-order valence-corrected chi connectivity index (χ1v) is 10.5. The van der Waals surface area contributed by atoms with Gasteiger partial charge in [0.15, 0.2) is 0 Å². The van der Waals surface area contributed by atoms with E-state index in [1.54, 1.807) is 0 Å². The summed E-state index contributed by atoms with van der Waals surface area (Å²) in [5.74, 6) is 0.962. The van der Waals surface area contributed by atoms with Crippen LogP contribution < -0.4 is 5.32 Å². The van der Waals surface area contributed by atoms with Crippen molar-refractivity contribution in [3.05, 3.63) is 71.6 Å². The van der Waals surface area contributed by atoms with Crippen LogP contribution in [0.4, 0.5) is 5.69 Å². The number of nitrogens with zero attached hydrogens (tertiary/aromatic N) is 2. The highest BCUT2D eigenvalue weighted by Crippen LogP contribution is 2.49. The van der Waals surface area contributed by atoms with Crippen LogP contribution >= 0.6 is 0 Å². The molecule has 1 aromatic carbocycles. The standard InChI is InChI=1S/C24H29N3O/c1-3-13-27(14-4-2)24(28)17-10-11-22-21(15-17)19-8-5-9-20(19)23(26-22)18-7-6-12-25-16-18/h5-8,10-12,15-16,19-20,23,26H,3-4,9,13-14H2,1-2H3. The number of nitrogens with one attached hydrogen (secondary N) is 1. The second kappa shape index (κ2) is 8.17. The molecule has 0 saturated carbocycles. The van der Waals surface area contributed by atoms with Gasteiger partial charge in [-0.15, -0.1) is 0 Å². The van der Waals surface area contributed by atoms with Crippen LogP contribution in [0.1, 0.15) is 66.6 Å². The Morgan fingerprint density at radius 1 is 1.21 bits per heavy atom. The topological polar surface area (TPSA) is 45.2 Å². The molecule has 2 aromatic rings. The Kier molecular flexibility index (Phi) is 5.47.